The van der Waals surface area contributed by atoms with Crippen molar-refractivity contribution in [3.63, 3.8) is 0 Å². The van der Waals surface area contributed by atoms with Gasteiger partial charge in [0.2, 0.25) is 0 Å². The van der Waals surface area contributed by atoms with Crippen LogP contribution in [0, 0.1) is 0 Å². The first kappa shape index (κ1) is 14.6. The van der Waals surface area contributed by atoms with Gasteiger partial charge in [-0.3, -0.25) is 0 Å². The molecule has 0 bridgehead atoms. The minimum atomic E-state index is -0.163. The molecule has 0 radical (unpaired) electrons. The predicted octanol–water partition coefficient (Wildman–Crippen LogP) is 4.43. The van der Waals surface area contributed by atoms with Gasteiger partial charge < -0.3 is 14.5 Å². The summed E-state index contributed by atoms with van der Waals surface area (Å²) in [5, 5.41) is 4.84. The molecule has 2 unspecified atom stereocenters. The molecule has 2 aromatic rings. The fourth-order valence-corrected chi connectivity index (χ4v) is 3.42. The van der Waals surface area contributed by atoms with E-state index in [9.17, 15) is 0 Å². The van der Waals surface area contributed by atoms with Crippen LogP contribution >= 0.6 is 0 Å². The summed E-state index contributed by atoms with van der Waals surface area (Å²) >= 11 is 0. The molecule has 0 amide bonds. The summed E-state index contributed by atoms with van der Waals surface area (Å²) in [6, 6.07) is 10.7. The Hall–Kier alpha value is -1.32. The largest absolute Gasteiger partial charge is 0.459 e. The summed E-state index contributed by atoms with van der Waals surface area (Å²) < 4.78 is 12.1. The maximum atomic E-state index is 6.15. The number of fused-ring (bicyclic) bond motifs is 1. The quantitative estimate of drug-likeness (QED) is 0.907. The number of hydrogen-bond acceptors (Lipinski definition) is 3. The van der Waals surface area contributed by atoms with Crippen molar-refractivity contribution in [2.24, 2.45) is 0 Å². The zero-order valence-corrected chi connectivity index (χ0v) is 13.6. The second-order valence-electron chi connectivity index (χ2n) is 7.30. The Bertz CT molecular complexity index is 608. The van der Waals surface area contributed by atoms with E-state index in [1.807, 2.05) is 18.2 Å². The molecule has 1 saturated heterocycles. The van der Waals surface area contributed by atoms with Crippen LogP contribution in [0.5, 0.6) is 0 Å². The lowest BCUT2D eigenvalue weighted by atomic mass is 9.93. The molecule has 1 N–H and O–H groups in total. The second-order valence-corrected chi connectivity index (χ2v) is 7.30. The van der Waals surface area contributed by atoms with Crippen LogP contribution in [-0.2, 0) is 4.74 Å². The number of benzene rings is 1. The summed E-state index contributed by atoms with van der Waals surface area (Å²) in [6.07, 6.45) is 1.00. The minimum Gasteiger partial charge on any atom is -0.459 e. The summed E-state index contributed by atoms with van der Waals surface area (Å²) in [7, 11) is 0. The minimum absolute atomic E-state index is 0.0746. The van der Waals surface area contributed by atoms with E-state index in [1.54, 1.807) is 0 Å². The van der Waals surface area contributed by atoms with E-state index < -0.39 is 0 Å². The van der Waals surface area contributed by atoms with E-state index in [2.05, 4.69) is 52.1 Å². The Labute approximate surface area is 126 Å². The lowest BCUT2D eigenvalue weighted by Crippen LogP contribution is -2.44. The van der Waals surface area contributed by atoms with Crippen molar-refractivity contribution in [1.29, 1.82) is 0 Å². The number of nitrogens with one attached hydrogen (secondary N) is 1. The Kier molecular flexibility index (Phi) is 3.38. The van der Waals surface area contributed by atoms with Crippen molar-refractivity contribution in [2.75, 3.05) is 0 Å². The first-order chi connectivity index (χ1) is 9.77. The molecule has 3 heteroatoms. The fourth-order valence-electron chi connectivity index (χ4n) is 3.42. The van der Waals surface area contributed by atoms with Crippen LogP contribution in [0.3, 0.4) is 0 Å². The van der Waals surface area contributed by atoms with Crippen molar-refractivity contribution < 1.29 is 9.15 Å². The smallest absolute Gasteiger partial charge is 0.134 e. The summed E-state index contributed by atoms with van der Waals surface area (Å²) in [4.78, 5) is 0. The van der Waals surface area contributed by atoms with Crippen LogP contribution in [0.2, 0.25) is 0 Å². The van der Waals surface area contributed by atoms with E-state index in [0.29, 0.717) is 6.04 Å². The summed E-state index contributed by atoms with van der Waals surface area (Å²) in [6.45, 7) is 10.8. The number of para-hydroxylation sites is 1. The van der Waals surface area contributed by atoms with Gasteiger partial charge in [0.25, 0.3) is 0 Å². The van der Waals surface area contributed by atoms with Gasteiger partial charge >= 0.3 is 0 Å². The maximum Gasteiger partial charge on any atom is 0.134 e. The first-order valence-corrected chi connectivity index (χ1v) is 7.72. The van der Waals surface area contributed by atoms with Crippen molar-refractivity contribution >= 4 is 11.0 Å². The van der Waals surface area contributed by atoms with E-state index in [1.165, 1.54) is 0 Å². The van der Waals surface area contributed by atoms with Gasteiger partial charge in [0.1, 0.15) is 11.3 Å². The van der Waals surface area contributed by atoms with Crippen molar-refractivity contribution in [2.45, 2.75) is 64.3 Å². The Morgan fingerprint density at radius 2 is 1.90 bits per heavy atom. The summed E-state index contributed by atoms with van der Waals surface area (Å²) in [5.74, 6) is 0.983. The van der Waals surface area contributed by atoms with E-state index in [0.717, 1.165) is 23.2 Å². The number of rotatable bonds is 3. The van der Waals surface area contributed by atoms with Gasteiger partial charge in [-0.05, 0) is 53.2 Å². The van der Waals surface area contributed by atoms with E-state index in [4.69, 9.17) is 9.15 Å². The van der Waals surface area contributed by atoms with Crippen LogP contribution in [-0.4, -0.2) is 17.2 Å². The average molecular weight is 287 g/mol. The molecule has 114 valence electrons. The molecule has 3 nitrogen and oxygen atoms in total. The average Bonchev–Trinajstić information content (AvgIpc) is 2.87. The maximum absolute atomic E-state index is 6.15. The zero-order chi connectivity index (χ0) is 15.3. The molecule has 1 fully saturated rings. The van der Waals surface area contributed by atoms with Gasteiger partial charge in [0.05, 0.1) is 17.2 Å². The van der Waals surface area contributed by atoms with Crippen LogP contribution in [0.25, 0.3) is 11.0 Å². The fraction of sp³-hybridized carbons (Fsp3) is 0.556. The van der Waals surface area contributed by atoms with Crippen molar-refractivity contribution in [3.8, 4) is 0 Å². The molecule has 1 aromatic heterocycles. The van der Waals surface area contributed by atoms with Gasteiger partial charge in [0, 0.05) is 11.4 Å². The third-order valence-corrected chi connectivity index (χ3v) is 4.40. The molecule has 3 rings (SSSR count). The highest BCUT2D eigenvalue weighted by atomic mass is 16.5. The van der Waals surface area contributed by atoms with Gasteiger partial charge in [-0.1, -0.05) is 18.2 Å². The molecular weight excluding hydrogens is 262 g/mol. The van der Waals surface area contributed by atoms with Crippen molar-refractivity contribution in [3.05, 3.63) is 36.1 Å². The third-order valence-electron chi connectivity index (χ3n) is 4.40. The van der Waals surface area contributed by atoms with E-state index in [-0.39, 0.29) is 17.2 Å². The number of ether oxygens (including phenoxy) is 1. The van der Waals surface area contributed by atoms with Gasteiger partial charge in [0.15, 0.2) is 0 Å². The summed E-state index contributed by atoms with van der Waals surface area (Å²) in [5.41, 5.74) is 0.710. The normalized spacial score (nSPS) is 25.3. The molecule has 0 aliphatic carbocycles. The van der Waals surface area contributed by atoms with Crippen molar-refractivity contribution in [1.82, 2.24) is 5.32 Å². The Morgan fingerprint density at radius 1 is 1.19 bits per heavy atom. The Morgan fingerprint density at radius 3 is 2.52 bits per heavy atom. The molecule has 1 aliphatic heterocycles. The standard InChI is InChI=1S/C18H25NO2/c1-12(15-10-13-8-6-7-9-14(13)20-15)19-16-11-17(2,3)21-18(16,4)5/h6-10,12,16,19H,11H2,1-5H3. The van der Waals surface area contributed by atoms with Crippen LogP contribution in [0.4, 0.5) is 0 Å². The Balaban J connectivity index is 1.78. The monoisotopic (exact) mass is 287 g/mol. The number of hydrogen-bond donors (Lipinski definition) is 1. The molecule has 0 saturated carbocycles. The molecule has 0 spiro atoms. The highest BCUT2D eigenvalue weighted by molar-refractivity contribution is 5.77. The van der Waals surface area contributed by atoms with Gasteiger partial charge in [-0.2, -0.15) is 0 Å². The molecular formula is C18H25NO2. The predicted molar refractivity (Wildman–Crippen MR) is 85.4 cm³/mol. The lowest BCUT2D eigenvalue weighted by Gasteiger charge is -2.29. The molecule has 1 aliphatic rings. The highest BCUT2D eigenvalue weighted by Crippen LogP contribution is 2.38. The van der Waals surface area contributed by atoms with Gasteiger partial charge in [-0.15, -0.1) is 0 Å². The lowest BCUT2D eigenvalue weighted by molar-refractivity contribution is -0.0704. The highest BCUT2D eigenvalue weighted by Gasteiger charge is 2.46. The first-order valence-electron chi connectivity index (χ1n) is 7.72. The van der Waals surface area contributed by atoms with Crippen LogP contribution in [0.1, 0.15) is 52.8 Å². The molecule has 1 aromatic carbocycles. The SMILES string of the molecule is CC(NC1CC(C)(C)OC1(C)C)c1cc2ccccc2o1. The van der Waals surface area contributed by atoms with E-state index >= 15 is 0 Å². The third kappa shape index (κ3) is 2.85. The topological polar surface area (TPSA) is 34.4 Å². The second kappa shape index (κ2) is 4.85. The molecule has 2 heterocycles. The number of furan rings is 1. The van der Waals surface area contributed by atoms with Crippen LogP contribution in [0.15, 0.2) is 34.7 Å². The zero-order valence-electron chi connectivity index (χ0n) is 13.6. The molecule has 2 atom stereocenters. The van der Waals surface area contributed by atoms with Gasteiger partial charge in [-0.25, -0.2) is 0 Å². The molecule has 21 heavy (non-hydrogen) atoms. The van der Waals surface area contributed by atoms with Crippen LogP contribution < -0.4 is 5.32 Å².